The van der Waals surface area contributed by atoms with E-state index in [4.69, 9.17) is 33.7 Å². The van der Waals surface area contributed by atoms with Gasteiger partial charge in [0, 0.05) is 10.9 Å². The first-order valence-corrected chi connectivity index (χ1v) is 10.5. The SMILES string of the molecule is NCCCCc1c(-c2ccccc2Oc2ccccc2)[nH]c2c(Cl)ccc(Cl)c12. The fraction of sp³-hybridized carbons (Fsp3) is 0.167. The first kappa shape index (κ1) is 19.8. The Morgan fingerprint density at radius 1 is 0.828 bits per heavy atom. The zero-order chi connectivity index (χ0) is 20.2. The minimum Gasteiger partial charge on any atom is -0.457 e. The van der Waals surface area contributed by atoms with Gasteiger partial charge in [-0.25, -0.2) is 0 Å². The molecule has 0 bridgehead atoms. The van der Waals surface area contributed by atoms with Crippen molar-refractivity contribution in [1.82, 2.24) is 4.98 Å². The number of nitrogens with two attached hydrogens (primary N) is 1. The van der Waals surface area contributed by atoms with Crippen molar-refractivity contribution in [2.75, 3.05) is 6.54 Å². The monoisotopic (exact) mass is 424 g/mol. The molecule has 3 N–H and O–H groups in total. The predicted molar refractivity (Wildman–Crippen MR) is 122 cm³/mol. The van der Waals surface area contributed by atoms with E-state index in [1.807, 2.05) is 60.7 Å². The maximum atomic E-state index is 6.58. The highest BCUT2D eigenvalue weighted by atomic mass is 35.5. The number of aromatic nitrogens is 1. The van der Waals surface area contributed by atoms with Crippen LogP contribution in [0.3, 0.4) is 0 Å². The second-order valence-electron chi connectivity index (χ2n) is 6.91. The topological polar surface area (TPSA) is 51.0 Å². The predicted octanol–water partition coefficient (Wildman–Crippen LogP) is 7.22. The highest BCUT2D eigenvalue weighted by molar-refractivity contribution is 6.40. The van der Waals surface area contributed by atoms with E-state index in [1.54, 1.807) is 0 Å². The van der Waals surface area contributed by atoms with E-state index < -0.39 is 0 Å². The zero-order valence-electron chi connectivity index (χ0n) is 15.9. The van der Waals surface area contributed by atoms with Crippen molar-refractivity contribution >= 4 is 34.1 Å². The first-order valence-electron chi connectivity index (χ1n) is 9.70. The van der Waals surface area contributed by atoms with Crippen molar-refractivity contribution in [2.24, 2.45) is 5.73 Å². The molecule has 1 heterocycles. The van der Waals surface area contributed by atoms with Gasteiger partial charge >= 0.3 is 0 Å². The van der Waals surface area contributed by atoms with Crippen LogP contribution in [-0.4, -0.2) is 11.5 Å². The number of fused-ring (bicyclic) bond motifs is 1. The van der Waals surface area contributed by atoms with Crippen LogP contribution in [0.2, 0.25) is 10.0 Å². The Kier molecular flexibility index (Phi) is 6.10. The normalized spacial score (nSPS) is 11.1. The zero-order valence-corrected chi connectivity index (χ0v) is 17.4. The molecule has 5 heteroatoms. The van der Waals surface area contributed by atoms with Crippen molar-refractivity contribution in [3.63, 3.8) is 0 Å². The molecule has 0 radical (unpaired) electrons. The molecule has 4 rings (SSSR count). The number of rotatable bonds is 7. The Balaban J connectivity index is 1.86. The third kappa shape index (κ3) is 4.13. The minimum atomic E-state index is 0.650. The molecule has 0 aliphatic carbocycles. The van der Waals surface area contributed by atoms with Gasteiger partial charge in [-0.05, 0) is 67.8 Å². The maximum Gasteiger partial charge on any atom is 0.136 e. The van der Waals surface area contributed by atoms with Crippen LogP contribution < -0.4 is 10.5 Å². The van der Waals surface area contributed by atoms with Crippen LogP contribution in [0.15, 0.2) is 66.7 Å². The number of ether oxygens (including phenoxy) is 1. The van der Waals surface area contributed by atoms with E-state index in [0.717, 1.165) is 58.5 Å². The fourth-order valence-corrected chi connectivity index (χ4v) is 4.07. The third-order valence-corrected chi connectivity index (χ3v) is 5.60. The molecule has 0 unspecified atom stereocenters. The molecule has 0 spiro atoms. The van der Waals surface area contributed by atoms with Crippen LogP contribution in [-0.2, 0) is 6.42 Å². The van der Waals surface area contributed by atoms with Gasteiger partial charge in [-0.15, -0.1) is 0 Å². The lowest BCUT2D eigenvalue weighted by Gasteiger charge is -2.12. The van der Waals surface area contributed by atoms with E-state index in [2.05, 4.69) is 11.1 Å². The summed E-state index contributed by atoms with van der Waals surface area (Å²) in [5, 5.41) is 2.31. The average Bonchev–Trinajstić information content (AvgIpc) is 3.13. The number of para-hydroxylation sites is 2. The van der Waals surface area contributed by atoms with Gasteiger partial charge in [0.1, 0.15) is 11.5 Å². The lowest BCUT2D eigenvalue weighted by molar-refractivity contribution is 0.484. The summed E-state index contributed by atoms with van der Waals surface area (Å²) in [5.41, 5.74) is 9.67. The number of benzene rings is 3. The van der Waals surface area contributed by atoms with Gasteiger partial charge in [0.2, 0.25) is 0 Å². The number of aryl methyl sites for hydroxylation is 1. The third-order valence-electron chi connectivity index (χ3n) is 4.97. The smallest absolute Gasteiger partial charge is 0.136 e. The maximum absolute atomic E-state index is 6.58. The van der Waals surface area contributed by atoms with Gasteiger partial charge in [0.25, 0.3) is 0 Å². The summed E-state index contributed by atoms with van der Waals surface area (Å²) < 4.78 is 6.20. The summed E-state index contributed by atoms with van der Waals surface area (Å²) in [7, 11) is 0. The van der Waals surface area contributed by atoms with Crippen LogP contribution in [0, 0.1) is 0 Å². The summed E-state index contributed by atoms with van der Waals surface area (Å²) in [6.07, 6.45) is 2.78. The summed E-state index contributed by atoms with van der Waals surface area (Å²) in [6.45, 7) is 0.667. The molecule has 0 saturated heterocycles. The van der Waals surface area contributed by atoms with Crippen LogP contribution in [0.4, 0.5) is 0 Å². The van der Waals surface area contributed by atoms with Crippen LogP contribution in [0.25, 0.3) is 22.2 Å². The Hall–Kier alpha value is -2.46. The Morgan fingerprint density at radius 3 is 2.34 bits per heavy atom. The Labute approximate surface area is 180 Å². The second kappa shape index (κ2) is 8.91. The van der Waals surface area contributed by atoms with Crippen molar-refractivity contribution in [2.45, 2.75) is 19.3 Å². The second-order valence-corrected chi connectivity index (χ2v) is 7.73. The number of aromatic amines is 1. The number of unbranched alkanes of at least 4 members (excludes halogenated alkanes) is 1. The molecule has 148 valence electrons. The summed E-state index contributed by atoms with van der Waals surface area (Å²) >= 11 is 13.1. The molecule has 3 nitrogen and oxygen atoms in total. The molecule has 3 aromatic carbocycles. The molecule has 29 heavy (non-hydrogen) atoms. The number of nitrogens with one attached hydrogen (secondary N) is 1. The molecule has 0 amide bonds. The van der Waals surface area contributed by atoms with Crippen LogP contribution in [0.1, 0.15) is 18.4 Å². The lowest BCUT2D eigenvalue weighted by Crippen LogP contribution is -1.99. The Bertz CT molecular complexity index is 1120. The molecule has 4 aromatic rings. The van der Waals surface area contributed by atoms with Gasteiger partial charge in [0.15, 0.2) is 0 Å². The summed E-state index contributed by atoms with van der Waals surface area (Å²) in [5.74, 6) is 1.56. The molecular formula is C24H22Cl2N2O. The van der Waals surface area contributed by atoms with Gasteiger partial charge in [0.05, 0.1) is 21.3 Å². The van der Waals surface area contributed by atoms with E-state index in [9.17, 15) is 0 Å². The van der Waals surface area contributed by atoms with E-state index >= 15 is 0 Å². The van der Waals surface area contributed by atoms with Crippen LogP contribution in [0.5, 0.6) is 11.5 Å². The van der Waals surface area contributed by atoms with Crippen molar-refractivity contribution in [1.29, 1.82) is 0 Å². The van der Waals surface area contributed by atoms with Gasteiger partial charge in [-0.1, -0.05) is 53.5 Å². The minimum absolute atomic E-state index is 0.650. The van der Waals surface area contributed by atoms with E-state index in [-0.39, 0.29) is 0 Å². The number of hydrogen-bond acceptors (Lipinski definition) is 2. The molecular weight excluding hydrogens is 403 g/mol. The molecule has 0 aliphatic rings. The van der Waals surface area contributed by atoms with E-state index in [1.165, 1.54) is 0 Å². The fourth-order valence-electron chi connectivity index (χ4n) is 3.60. The molecule has 0 saturated carbocycles. The summed E-state index contributed by atoms with van der Waals surface area (Å²) in [4.78, 5) is 3.52. The standard InChI is InChI=1S/C24H22Cl2N2O/c25-19-13-14-20(26)24-22(19)18(11-6-7-15-27)23(28-24)17-10-4-5-12-21(17)29-16-8-2-1-3-9-16/h1-5,8-10,12-14,28H,6-7,11,15,27H2. The molecule has 0 aliphatic heterocycles. The van der Waals surface area contributed by atoms with Crippen molar-refractivity contribution in [3.05, 3.63) is 82.3 Å². The van der Waals surface area contributed by atoms with Crippen LogP contribution >= 0.6 is 23.2 Å². The number of H-pyrrole nitrogens is 1. The number of hydrogen-bond donors (Lipinski definition) is 2. The quantitative estimate of drug-likeness (QED) is 0.307. The first-order chi connectivity index (χ1) is 14.2. The van der Waals surface area contributed by atoms with E-state index in [0.29, 0.717) is 16.6 Å². The summed E-state index contributed by atoms with van der Waals surface area (Å²) in [6, 6.07) is 21.4. The Morgan fingerprint density at radius 2 is 1.55 bits per heavy atom. The molecule has 0 atom stereocenters. The lowest BCUT2D eigenvalue weighted by atomic mass is 9.99. The highest BCUT2D eigenvalue weighted by Crippen LogP contribution is 2.42. The largest absolute Gasteiger partial charge is 0.457 e. The van der Waals surface area contributed by atoms with Gasteiger partial charge in [-0.2, -0.15) is 0 Å². The van der Waals surface area contributed by atoms with Gasteiger partial charge in [-0.3, -0.25) is 0 Å². The molecule has 1 aromatic heterocycles. The van der Waals surface area contributed by atoms with Crippen molar-refractivity contribution in [3.8, 4) is 22.8 Å². The molecule has 0 fully saturated rings. The number of halogens is 2. The van der Waals surface area contributed by atoms with Gasteiger partial charge < -0.3 is 15.5 Å². The average molecular weight is 425 g/mol. The highest BCUT2D eigenvalue weighted by Gasteiger charge is 2.20. The van der Waals surface area contributed by atoms with Crippen molar-refractivity contribution < 1.29 is 4.74 Å².